The van der Waals surface area contributed by atoms with E-state index < -0.39 is 24.9 Å². The van der Waals surface area contributed by atoms with Crippen LogP contribution in [0.2, 0.25) is 18.1 Å². The molecule has 0 aromatic rings. The third-order valence-corrected chi connectivity index (χ3v) is 15.2. The van der Waals surface area contributed by atoms with Crippen LogP contribution in [-0.2, 0) is 33.2 Å². The number of carbonyl (C=O) groups excluding carboxylic acids is 6. The molecule has 0 saturated carbocycles. The zero-order valence-corrected chi connectivity index (χ0v) is 32.5. The largest absolute Gasteiger partial charge is 0.420 e. The van der Waals surface area contributed by atoms with Gasteiger partial charge in [0, 0.05) is 60.7 Å². The van der Waals surface area contributed by atoms with Crippen molar-refractivity contribution in [1.29, 1.82) is 0 Å². The van der Waals surface area contributed by atoms with Crippen LogP contribution in [0.5, 0.6) is 0 Å². The van der Waals surface area contributed by atoms with E-state index in [0.717, 1.165) is 37.4 Å². The molecule has 3 aliphatic heterocycles. The number of amides is 6. The Bertz CT molecular complexity index is 1080. The van der Waals surface area contributed by atoms with Crippen LogP contribution in [0.3, 0.4) is 0 Å². The Morgan fingerprint density at radius 2 is 0.771 bits per heavy atom. The normalized spacial score (nSPS) is 24.9. The van der Waals surface area contributed by atoms with Gasteiger partial charge in [-0.2, -0.15) is 0 Å². The van der Waals surface area contributed by atoms with E-state index in [1.807, 2.05) is 62.3 Å². The average molecular weight is 690 g/mol. The molecule has 272 valence electrons. The van der Waals surface area contributed by atoms with Crippen LogP contribution in [0.1, 0.15) is 139 Å². The van der Waals surface area contributed by atoms with Gasteiger partial charge in [-0.1, -0.05) is 19.3 Å². The van der Waals surface area contributed by atoms with Gasteiger partial charge in [0.25, 0.3) is 0 Å². The highest BCUT2D eigenvalue weighted by atomic mass is 28.4. The minimum atomic E-state index is -2.37. The third kappa shape index (κ3) is 9.64. The van der Waals surface area contributed by atoms with E-state index in [1.54, 1.807) is 7.11 Å². The molecule has 3 aliphatic rings. The van der Waals surface area contributed by atoms with E-state index >= 15 is 0 Å². The summed E-state index contributed by atoms with van der Waals surface area (Å²) in [5, 5.41) is 0. The van der Waals surface area contributed by atoms with Crippen molar-refractivity contribution in [2.24, 2.45) is 17.8 Å². The SMILES string of the molecule is CO[Si](CCCC1CCC(=O)N(C(C)(C)C)C1=O)(CCCC1CCC(=O)N(C(C)(C)C)C1=O)CCCC1CCC(=O)N(C(C)(C)C)C1=O. The maximum Gasteiger partial charge on any atom is 0.232 e. The first-order valence-corrected chi connectivity index (χ1v) is 20.8. The second-order valence-electron chi connectivity index (χ2n) is 17.5. The number of hydrogen-bond donors (Lipinski definition) is 0. The van der Waals surface area contributed by atoms with E-state index in [1.165, 1.54) is 14.7 Å². The Morgan fingerprint density at radius 1 is 0.521 bits per heavy atom. The lowest BCUT2D eigenvalue weighted by Crippen LogP contribution is -2.54. The molecule has 0 aliphatic carbocycles. The van der Waals surface area contributed by atoms with Gasteiger partial charge in [0.05, 0.1) is 0 Å². The molecule has 0 bridgehead atoms. The smallest absolute Gasteiger partial charge is 0.232 e. The monoisotopic (exact) mass is 689 g/mol. The van der Waals surface area contributed by atoms with Gasteiger partial charge in [-0.25, -0.2) is 0 Å². The molecule has 3 unspecified atom stereocenters. The molecule has 3 heterocycles. The molecule has 0 spiro atoms. The predicted molar refractivity (Wildman–Crippen MR) is 188 cm³/mol. The highest BCUT2D eigenvalue weighted by Gasteiger charge is 2.44. The Balaban J connectivity index is 1.71. The van der Waals surface area contributed by atoms with Crippen molar-refractivity contribution < 1.29 is 33.2 Å². The highest BCUT2D eigenvalue weighted by Crippen LogP contribution is 2.37. The molecular weight excluding hydrogens is 627 g/mol. The van der Waals surface area contributed by atoms with Crippen molar-refractivity contribution in [2.75, 3.05) is 7.11 Å². The summed E-state index contributed by atoms with van der Waals surface area (Å²) in [6.07, 6.45) is 7.40. The summed E-state index contributed by atoms with van der Waals surface area (Å²) >= 11 is 0. The molecule has 3 rings (SSSR count). The van der Waals surface area contributed by atoms with Gasteiger partial charge in [-0.3, -0.25) is 43.5 Å². The van der Waals surface area contributed by atoms with Crippen molar-refractivity contribution in [3.63, 3.8) is 0 Å². The Morgan fingerprint density at radius 3 is 0.979 bits per heavy atom. The summed E-state index contributed by atoms with van der Waals surface area (Å²) in [4.78, 5) is 82.3. The zero-order valence-electron chi connectivity index (χ0n) is 31.5. The number of rotatable bonds is 13. The van der Waals surface area contributed by atoms with Crippen LogP contribution < -0.4 is 0 Å². The van der Waals surface area contributed by atoms with E-state index in [4.69, 9.17) is 4.43 Å². The molecular formula is C37H63N3O7Si. The topological polar surface area (TPSA) is 121 Å². The van der Waals surface area contributed by atoms with Crippen LogP contribution in [0, 0.1) is 17.8 Å². The lowest BCUT2D eigenvalue weighted by atomic mass is 9.89. The molecule has 11 heteroatoms. The number of imide groups is 3. The van der Waals surface area contributed by atoms with Crippen LogP contribution >= 0.6 is 0 Å². The lowest BCUT2D eigenvalue weighted by molar-refractivity contribution is -0.159. The highest BCUT2D eigenvalue weighted by molar-refractivity contribution is 6.73. The summed E-state index contributed by atoms with van der Waals surface area (Å²) in [6.45, 7) is 17.1. The van der Waals surface area contributed by atoms with Gasteiger partial charge < -0.3 is 4.43 Å². The Labute approximate surface area is 290 Å². The van der Waals surface area contributed by atoms with E-state index in [0.29, 0.717) is 57.8 Å². The molecule has 0 N–H and O–H groups in total. The standard InChI is InChI=1S/C37H63N3O7Si/c1-35(2,3)38-29(41)20-17-26(32(38)44)14-11-23-48(47-10,24-12-15-27-18-21-30(42)39(33(27)45)36(4,5)6)25-13-16-28-19-22-31(43)40(34(28)46)37(7,8)9/h26-28H,11-25H2,1-10H3. The Hall–Kier alpha value is -2.40. The maximum atomic E-state index is 13.4. The van der Waals surface area contributed by atoms with Crippen LogP contribution in [0.25, 0.3) is 0 Å². The molecule has 0 aromatic carbocycles. The summed E-state index contributed by atoms with van der Waals surface area (Å²) in [6, 6.07) is 2.56. The molecule has 3 fully saturated rings. The second-order valence-corrected chi connectivity index (χ2v) is 21.8. The van der Waals surface area contributed by atoms with Crippen molar-refractivity contribution in [1.82, 2.24) is 14.7 Å². The van der Waals surface area contributed by atoms with Gasteiger partial charge in [0.2, 0.25) is 35.4 Å². The minimum absolute atomic E-state index is 0.0778. The van der Waals surface area contributed by atoms with Gasteiger partial charge in [0.1, 0.15) is 0 Å². The second kappa shape index (κ2) is 15.6. The van der Waals surface area contributed by atoms with Crippen LogP contribution in [0.15, 0.2) is 0 Å². The number of likely N-dealkylation sites (tertiary alicyclic amines) is 3. The van der Waals surface area contributed by atoms with Gasteiger partial charge >= 0.3 is 0 Å². The fraction of sp³-hybridized carbons (Fsp3) is 0.838. The fourth-order valence-corrected chi connectivity index (χ4v) is 12.0. The first-order chi connectivity index (χ1) is 22.1. The van der Waals surface area contributed by atoms with E-state index in [9.17, 15) is 28.8 Å². The van der Waals surface area contributed by atoms with E-state index in [2.05, 4.69) is 0 Å². The lowest BCUT2D eigenvalue weighted by Gasteiger charge is -2.40. The third-order valence-electron chi connectivity index (χ3n) is 10.6. The molecule has 48 heavy (non-hydrogen) atoms. The van der Waals surface area contributed by atoms with Crippen LogP contribution in [-0.4, -0.2) is 82.2 Å². The molecule has 10 nitrogen and oxygen atoms in total. The van der Waals surface area contributed by atoms with Crippen molar-refractivity contribution in [3.05, 3.63) is 0 Å². The first kappa shape index (κ1) is 40.0. The maximum absolute atomic E-state index is 13.4. The summed E-state index contributed by atoms with van der Waals surface area (Å²) in [5.41, 5.74) is -1.65. The van der Waals surface area contributed by atoms with Gasteiger partial charge in [-0.05, 0) is 119 Å². The average Bonchev–Trinajstić information content (AvgIpc) is 2.94. The zero-order chi connectivity index (χ0) is 36.2. The molecule has 0 radical (unpaired) electrons. The van der Waals surface area contributed by atoms with Gasteiger partial charge in [0.15, 0.2) is 8.32 Å². The van der Waals surface area contributed by atoms with Gasteiger partial charge in [-0.15, -0.1) is 0 Å². The first-order valence-electron chi connectivity index (χ1n) is 18.3. The molecule has 3 saturated heterocycles. The molecule has 0 aromatic heterocycles. The number of carbonyl (C=O) groups is 6. The number of hydrogen-bond acceptors (Lipinski definition) is 7. The molecule has 6 amide bonds. The summed E-state index contributed by atoms with van der Waals surface area (Å²) in [7, 11) is -0.579. The van der Waals surface area contributed by atoms with Crippen molar-refractivity contribution >= 4 is 43.8 Å². The summed E-state index contributed by atoms with van der Waals surface area (Å²) < 4.78 is 6.45. The van der Waals surface area contributed by atoms with E-state index in [-0.39, 0.29) is 53.2 Å². The van der Waals surface area contributed by atoms with Crippen molar-refractivity contribution in [2.45, 2.75) is 174 Å². The minimum Gasteiger partial charge on any atom is -0.420 e. The quantitative estimate of drug-likeness (QED) is 0.158. The number of piperidine rings is 3. The Kier molecular flexibility index (Phi) is 13.1. The van der Waals surface area contributed by atoms with Crippen LogP contribution in [0.4, 0.5) is 0 Å². The number of nitrogens with zero attached hydrogens (tertiary/aromatic N) is 3. The molecule has 3 atom stereocenters. The summed E-state index contributed by atoms with van der Waals surface area (Å²) in [5.74, 6) is -1.10. The fourth-order valence-electron chi connectivity index (χ4n) is 8.13. The van der Waals surface area contributed by atoms with Crippen molar-refractivity contribution in [3.8, 4) is 0 Å². The predicted octanol–water partition coefficient (Wildman–Crippen LogP) is 6.61.